The number of rotatable bonds is 4. The Morgan fingerprint density at radius 2 is 2.25 bits per heavy atom. The van der Waals surface area contributed by atoms with Crippen LogP contribution in [0.25, 0.3) is 0 Å². The van der Waals surface area contributed by atoms with E-state index in [0.717, 1.165) is 30.6 Å². The molecule has 1 saturated heterocycles. The molecule has 2 heterocycles. The minimum Gasteiger partial charge on any atom is -0.381 e. The van der Waals surface area contributed by atoms with E-state index in [9.17, 15) is 0 Å². The smallest absolute Gasteiger partial charge is 0.157 e. The molecule has 2 aliphatic heterocycles. The summed E-state index contributed by atoms with van der Waals surface area (Å²) in [6.07, 6.45) is 2.21. The Morgan fingerprint density at radius 1 is 1.40 bits per heavy atom. The fraction of sp³-hybridized carbons (Fsp3) is 0.562. The molecule has 1 aromatic rings. The van der Waals surface area contributed by atoms with Crippen molar-refractivity contribution < 1.29 is 4.74 Å². The molecule has 0 aromatic heterocycles. The Bertz CT molecular complexity index is 457. The standard InChI is InChI=1S/C16H22N2OS/c1-12(14-7-8-19-10-14)17-16-18-15(11-20-16)9-13-5-3-2-4-6-13/h2-6,12,14-15H,7-11H2,1H3,(H,17,18). The van der Waals surface area contributed by atoms with Crippen LogP contribution in [0.4, 0.5) is 0 Å². The molecular formula is C16H22N2OS. The van der Waals surface area contributed by atoms with Gasteiger partial charge < -0.3 is 10.1 Å². The van der Waals surface area contributed by atoms with E-state index in [1.807, 2.05) is 11.8 Å². The van der Waals surface area contributed by atoms with Crippen LogP contribution in [0.5, 0.6) is 0 Å². The second-order valence-corrected chi connectivity index (χ2v) is 6.65. The van der Waals surface area contributed by atoms with Gasteiger partial charge in [0.2, 0.25) is 0 Å². The highest BCUT2D eigenvalue weighted by molar-refractivity contribution is 8.14. The molecule has 0 saturated carbocycles. The van der Waals surface area contributed by atoms with Gasteiger partial charge >= 0.3 is 0 Å². The summed E-state index contributed by atoms with van der Waals surface area (Å²) in [6, 6.07) is 11.5. The monoisotopic (exact) mass is 290 g/mol. The summed E-state index contributed by atoms with van der Waals surface area (Å²) in [7, 11) is 0. The van der Waals surface area contributed by atoms with Gasteiger partial charge in [-0.15, -0.1) is 0 Å². The van der Waals surface area contributed by atoms with Crippen molar-refractivity contribution in [2.45, 2.75) is 31.8 Å². The molecule has 4 heteroatoms. The normalized spacial score (nSPS) is 27.4. The predicted molar refractivity (Wildman–Crippen MR) is 85.4 cm³/mol. The lowest BCUT2D eigenvalue weighted by Gasteiger charge is -2.19. The molecule has 0 aliphatic carbocycles. The first-order chi connectivity index (χ1) is 9.81. The molecule has 108 valence electrons. The van der Waals surface area contributed by atoms with E-state index in [2.05, 4.69) is 42.6 Å². The Morgan fingerprint density at radius 3 is 3.00 bits per heavy atom. The van der Waals surface area contributed by atoms with Crippen LogP contribution in [0, 0.1) is 5.92 Å². The predicted octanol–water partition coefficient (Wildman–Crippen LogP) is 2.72. The molecule has 2 aliphatic rings. The Kier molecular flexibility index (Phi) is 4.63. The highest BCUT2D eigenvalue weighted by Gasteiger charge is 2.25. The van der Waals surface area contributed by atoms with Gasteiger partial charge in [0.25, 0.3) is 0 Å². The van der Waals surface area contributed by atoms with Crippen LogP contribution in [0.1, 0.15) is 18.9 Å². The lowest BCUT2D eigenvalue weighted by Crippen LogP contribution is -2.36. The number of hydrogen-bond acceptors (Lipinski definition) is 4. The zero-order chi connectivity index (χ0) is 13.8. The number of hydrogen-bond donors (Lipinski definition) is 1. The average molecular weight is 290 g/mol. The topological polar surface area (TPSA) is 33.6 Å². The van der Waals surface area contributed by atoms with Crippen LogP contribution in [0.3, 0.4) is 0 Å². The first kappa shape index (κ1) is 14.0. The fourth-order valence-electron chi connectivity index (χ4n) is 2.74. The zero-order valence-corrected chi connectivity index (χ0v) is 12.7. The molecule has 1 aromatic carbocycles. The summed E-state index contributed by atoms with van der Waals surface area (Å²) < 4.78 is 5.46. The second-order valence-electron chi connectivity index (χ2n) is 5.65. The van der Waals surface area contributed by atoms with E-state index in [4.69, 9.17) is 9.73 Å². The molecule has 3 unspecified atom stereocenters. The average Bonchev–Trinajstić information content (AvgIpc) is 3.11. The molecule has 0 bridgehead atoms. The van der Waals surface area contributed by atoms with Gasteiger partial charge in [0.15, 0.2) is 5.17 Å². The third-order valence-corrected chi connectivity index (χ3v) is 5.10. The Hall–Kier alpha value is -1.00. The maximum absolute atomic E-state index is 5.46. The molecule has 1 fully saturated rings. The second kappa shape index (κ2) is 6.64. The molecule has 20 heavy (non-hydrogen) atoms. The van der Waals surface area contributed by atoms with Crippen molar-refractivity contribution in [1.29, 1.82) is 0 Å². The number of amidine groups is 1. The fourth-order valence-corrected chi connectivity index (χ4v) is 3.78. The lowest BCUT2D eigenvalue weighted by molar-refractivity contribution is 0.180. The van der Waals surface area contributed by atoms with Crippen molar-refractivity contribution in [3.05, 3.63) is 35.9 Å². The van der Waals surface area contributed by atoms with Gasteiger partial charge in [0, 0.05) is 24.3 Å². The van der Waals surface area contributed by atoms with E-state index in [-0.39, 0.29) is 0 Å². The summed E-state index contributed by atoms with van der Waals surface area (Å²) >= 11 is 1.85. The van der Waals surface area contributed by atoms with Crippen molar-refractivity contribution in [3.63, 3.8) is 0 Å². The Labute approximate surface area is 125 Å². The molecule has 0 amide bonds. The summed E-state index contributed by atoms with van der Waals surface area (Å²) in [5.74, 6) is 1.72. The molecule has 3 atom stereocenters. The minimum atomic E-state index is 0.414. The summed E-state index contributed by atoms with van der Waals surface area (Å²) in [6.45, 7) is 4.04. The van der Waals surface area contributed by atoms with Crippen molar-refractivity contribution in [3.8, 4) is 0 Å². The van der Waals surface area contributed by atoms with E-state index >= 15 is 0 Å². The third-order valence-electron chi connectivity index (χ3n) is 4.05. The van der Waals surface area contributed by atoms with Crippen LogP contribution in [0.15, 0.2) is 35.3 Å². The van der Waals surface area contributed by atoms with Gasteiger partial charge in [-0.1, -0.05) is 42.1 Å². The van der Waals surface area contributed by atoms with E-state index < -0.39 is 0 Å². The number of ether oxygens (including phenoxy) is 1. The number of nitrogens with one attached hydrogen (secondary N) is 1. The van der Waals surface area contributed by atoms with Crippen molar-refractivity contribution in [2.24, 2.45) is 10.9 Å². The van der Waals surface area contributed by atoms with Crippen LogP contribution in [-0.4, -0.2) is 36.2 Å². The Balaban J connectivity index is 1.52. The molecular weight excluding hydrogens is 268 g/mol. The molecule has 0 radical (unpaired) electrons. The maximum Gasteiger partial charge on any atom is 0.157 e. The van der Waals surface area contributed by atoms with Crippen molar-refractivity contribution in [1.82, 2.24) is 5.32 Å². The number of benzene rings is 1. The van der Waals surface area contributed by atoms with Crippen LogP contribution in [-0.2, 0) is 11.2 Å². The molecule has 1 N–H and O–H groups in total. The van der Waals surface area contributed by atoms with Crippen LogP contribution in [0.2, 0.25) is 0 Å². The maximum atomic E-state index is 5.46. The van der Waals surface area contributed by atoms with Crippen LogP contribution < -0.4 is 5.32 Å². The van der Waals surface area contributed by atoms with Crippen LogP contribution >= 0.6 is 11.8 Å². The largest absolute Gasteiger partial charge is 0.381 e. The van der Waals surface area contributed by atoms with Gasteiger partial charge in [-0.25, -0.2) is 0 Å². The summed E-state index contributed by atoms with van der Waals surface area (Å²) in [4.78, 5) is 4.82. The number of nitrogens with zero attached hydrogens (tertiary/aromatic N) is 1. The molecule has 0 spiro atoms. The van der Waals surface area contributed by atoms with Gasteiger partial charge in [-0.2, -0.15) is 0 Å². The first-order valence-corrected chi connectivity index (χ1v) is 8.38. The number of aliphatic imine (C=N–C) groups is 1. The molecule has 3 rings (SSSR count). The van der Waals surface area contributed by atoms with Crippen molar-refractivity contribution >= 4 is 16.9 Å². The van der Waals surface area contributed by atoms with Gasteiger partial charge in [-0.3, -0.25) is 4.99 Å². The quantitative estimate of drug-likeness (QED) is 0.925. The van der Waals surface area contributed by atoms with Gasteiger partial charge in [0.1, 0.15) is 0 Å². The summed E-state index contributed by atoms with van der Waals surface area (Å²) in [5, 5.41) is 4.69. The highest BCUT2D eigenvalue weighted by atomic mass is 32.2. The SMILES string of the molecule is CC(NC1=NC(Cc2ccccc2)CS1)C1CCOC1. The van der Waals surface area contributed by atoms with E-state index in [1.165, 1.54) is 12.0 Å². The minimum absolute atomic E-state index is 0.414. The highest BCUT2D eigenvalue weighted by Crippen LogP contribution is 2.22. The number of thioether (sulfide) groups is 1. The van der Waals surface area contributed by atoms with Crippen molar-refractivity contribution in [2.75, 3.05) is 19.0 Å². The van der Waals surface area contributed by atoms with E-state index in [0.29, 0.717) is 18.0 Å². The molecule has 3 nitrogen and oxygen atoms in total. The van der Waals surface area contributed by atoms with Gasteiger partial charge in [0.05, 0.1) is 12.6 Å². The lowest BCUT2D eigenvalue weighted by atomic mass is 10.0. The van der Waals surface area contributed by atoms with E-state index in [1.54, 1.807) is 0 Å². The van der Waals surface area contributed by atoms with Gasteiger partial charge in [-0.05, 0) is 25.3 Å². The third kappa shape index (κ3) is 3.55. The first-order valence-electron chi connectivity index (χ1n) is 7.40. The summed E-state index contributed by atoms with van der Waals surface area (Å²) in [5.41, 5.74) is 1.38. The zero-order valence-electron chi connectivity index (χ0n) is 11.9.